The Labute approximate surface area is 130 Å². The van der Waals surface area contributed by atoms with Crippen LogP contribution in [0.1, 0.15) is 50.2 Å². The molecule has 0 radical (unpaired) electrons. The Balaban J connectivity index is 1.81. The summed E-state index contributed by atoms with van der Waals surface area (Å²) in [5, 5.41) is 11.6. The van der Waals surface area contributed by atoms with Crippen LogP contribution in [0, 0.1) is 0 Å². The molecule has 1 heterocycles. The van der Waals surface area contributed by atoms with E-state index >= 15 is 0 Å². The lowest BCUT2D eigenvalue weighted by molar-refractivity contribution is -0.193. The van der Waals surface area contributed by atoms with E-state index < -0.39 is 11.4 Å². The van der Waals surface area contributed by atoms with Crippen molar-refractivity contribution in [3.05, 3.63) is 34.3 Å². The third-order valence-electron chi connectivity index (χ3n) is 5.44. The number of halogens is 1. The Morgan fingerprint density at radius 1 is 1.14 bits per heavy atom. The average Bonchev–Trinajstić information content (AvgIpc) is 2.93. The lowest BCUT2D eigenvalue weighted by Gasteiger charge is -2.44. The lowest BCUT2D eigenvalue weighted by Crippen LogP contribution is -2.44. The molecule has 3 nitrogen and oxygen atoms in total. The summed E-state index contributed by atoms with van der Waals surface area (Å²) in [5.74, 6) is -0.446. The van der Waals surface area contributed by atoms with Crippen LogP contribution in [-0.2, 0) is 20.5 Å². The maximum absolute atomic E-state index is 10.9. The largest absolute Gasteiger partial charge is 0.385 e. The zero-order valence-corrected chi connectivity index (χ0v) is 13.1. The second-order valence-corrected chi connectivity index (χ2v) is 7.44. The molecule has 0 amide bonds. The van der Waals surface area contributed by atoms with Crippen molar-refractivity contribution in [3.8, 4) is 0 Å². The van der Waals surface area contributed by atoms with Crippen LogP contribution >= 0.6 is 11.6 Å². The van der Waals surface area contributed by atoms with Crippen molar-refractivity contribution in [1.29, 1.82) is 0 Å². The van der Waals surface area contributed by atoms with Gasteiger partial charge in [0.2, 0.25) is 0 Å². The Hall–Kier alpha value is -0.610. The highest BCUT2D eigenvalue weighted by Gasteiger charge is 2.56. The lowest BCUT2D eigenvalue weighted by atomic mass is 9.67. The van der Waals surface area contributed by atoms with Crippen LogP contribution in [0.4, 0.5) is 0 Å². The molecule has 21 heavy (non-hydrogen) atoms. The number of aliphatic hydroxyl groups is 1. The predicted octanol–water partition coefficient (Wildman–Crippen LogP) is 3.51. The highest BCUT2D eigenvalue weighted by atomic mass is 35.5. The normalized spacial score (nSPS) is 37.3. The van der Waals surface area contributed by atoms with Gasteiger partial charge < -0.3 is 14.6 Å². The molecule has 1 unspecified atom stereocenters. The number of ether oxygens (including phenoxy) is 2. The monoisotopic (exact) mass is 308 g/mol. The first-order valence-corrected chi connectivity index (χ1v) is 8.14. The van der Waals surface area contributed by atoms with Gasteiger partial charge in [-0.1, -0.05) is 23.7 Å². The topological polar surface area (TPSA) is 38.7 Å². The van der Waals surface area contributed by atoms with E-state index in [4.69, 9.17) is 21.1 Å². The van der Waals surface area contributed by atoms with Gasteiger partial charge in [0.1, 0.15) is 0 Å². The predicted molar refractivity (Wildman–Crippen MR) is 80.4 cm³/mol. The van der Waals surface area contributed by atoms with Crippen molar-refractivity contribution in [2.45, 2.75) is 55.8 Å². The van der Waals surface area contributed by atoms with Gasteiger partial charge in [0.05, 0.1) is 18.8 Å². The molecule has 1 saturated carbocycles. The van der Waals surface area contributed by atoms with Gasteiger partial charge in [-0.2, -0.15) is 0 Å². The van der Waals surface area contributed by atoms with E-state index in [1.807, 2.05) is 19.1 Å². The van der Waals surface area contributed by atoms with Crippen LogP contribution in [0.15, 0.2) is 18.2 Å². The van der Waals surface area contributed by atoms with Crippen LogP contribution < -0.4 is 0 Å². The maximum atomic E-state index is 10.9. The van der Waals surface area contributed by atoms with Gasteiger partial charge in [0, 0.05) is 28.8 Å². The third-order valence-corrected chi connectivity index (χ3v) is 5.76. The standard InChI is InChI=1S/C17H21ClO3/c1-15(19)10-16(12-4-2-5-13(18)14(12)15)6-3-7-17(11-16)20-8-9-21-17/h2,4-5,19H,3,6-11H2,1H3/t15?,16-/m1/s1. The minimum Gasteiger partial charge on any atom is -0.385 e. The zero-order valence-electron chi connectivity index (χ0n) is 12.3. The molecule has 1 aromatic carbocycles. The van der Waals surface area contributed by atoms with E-state index in [0.717, 1.165) is 31.2 Å². The van der Waals surface area contributed by atoms with E-state index in [-0.39, 0.29) is 5.41 Å². The zero-order chi connectivity index (χ0) is 14.7. The van der Waals surface area contributed by atoms with E-state index in [1.165, 1.54) is 5.56 Å². The van der Waals surface area contributed by atoms with Gasteiger partial charge in [-0.25, -0.2) is 0 Å². The Bertz CT molecular complexity index is 577. The summed E-state index contributed by atoms with van der Waals surface area (Å²) in [6.45, 7) is 3.23. The minimum absolute atomic E-state index is 0.0771. The first-order valence-electron chi connectivity index (χ1n) is 7.76. The van der Waals surface area contributed by atoms with E-state index in [9.17, 15) is 5.11 Å². The fraction of sp³-hybridized carbons (Fsp3) is 0.647. The van der Waals surface area contributed by atoms with E-state index in [1.54, 1.807) is 0 Å². The summed E-state index contributed by atoms with van der Waals surface area (Å²) in [4.78, 5) is 0. The number of fused-ring (bicyclic) bond motifs is 2. The highest BCUT2D eigenvalue weighted by molar-refractivity contribution is 6.31. The van der Waals surface area contributed by atoms with Crippen LogP contribution in [0.3, 0.4) is 0 Å². The van der Waals surface area contributed by atoms with Gasteiger partial charge in [-0.3, -0.25) is 0 Å². The highest BCUT2D eigenvalue weighted by Crippen LogP contribution is 2.59. The van der Waals surface area contributed by atoms with Crippen LogP contribution in [0.2, 0.25) is 5.02 Å². The van der Waals surface area contributed by atoms with Gasteiger partial charge >= 0.3 is 0 Å². The Morgan fingerprint density at radius 2 is 1.90 bits per heavy atom. The molecule has 1 saturated heterocycles. The van der Waals surface area contributed by atoms with Crippen molar-refractivity contribution in [1.82, 2.24) is 0 Å². The Kier molecular flexibility index (Phi) is 2.97. The van der Waals surface area contributed by atoms with Gasteiger partial charge in [-0.15, -0.1) is 0 Å². The molecule has 0 bridgehead atoms. The fourth-order valence-corrected chi connectivity index (χ4v) is 5.25. The quantitative estimate of drug-likeness (QED) is 0.797. The molecule has 114 valence electrons. The van der Waals surface area contributed by atoms with E-state index in [2.05, 4.69) is 6.07 Å². The molecule has 4 heteroatoms. The third kappa shape index (κ3) is 1.98. The summed E-state index contributed by atoms with van der Waals surface area (Å²) in [6, 6.07) is 5.98. The van der Waals surface area contributed by atoms with Gasteiger partial charge in [0.15, 0.2) is 5.79 Å². The molecule has 0 aromatic heterocycles. The van der Waals surface area contributed by atoms with Crippen LogP contribution in [-0.4, -0.2) is 24.1 Å². The van der Waals surface area contributed by atoms with Crippen molar-refractivity contribution < 1.29 is 14.6 Å². The first kappa shape index (κ1) is 14.0. The number of hydrogen-bond acceptors (Lipinski definition) is 3. The van der Waals surface area contributed by atoms with Crippen molar-refractivity contribution in [3.63, 3.8) is 0 Å². The van der Waals surface area contributed by atoms with Crippen molar-refractivity contribution in [2.24, 2.45) is 0 Å². The maximum Gasteiger partial charge on any atom is 0.169 e. The van der Waals surface area contributed by atoms with Crippen molar-refractivity contribution >= 4 is 11.6 Å². The molecule has 2 atom stereocenters. The molecule has 4 rings (SSSR count). The molecule has 2 fully saturated rings. The molecule has 3 aliphatic rings. The molecule has 2 spiro atoms. The molecule has 1 aromatic rings. The number of benzene rings is 1. The van der Waals surface area contributed by atoms with Crippen LogP contribution in [0.5, 0.6) is 0 Å². The van der Waals surface area contributed by atoms with Crippen LogP contribution in [0.25, 0.3) is 0 Å². The number of hydrogen-bond donors (Lipinski definition) is 1. The molecule has 2 aliphatic carbocycles. The molecule has 1 N–H and O–H groups in total. The first-order chi connectivity index (χ1) is 9.97. The summed E-state index contributed by atoms with van der Waals surface area (Å²) >= 11 is 6.39. The Morgan fingerprint density at radius 3 is 2.67 bits per heavy atom. The molecular formula is C17H21ClO3. The fourth-order valence-electron chi connectivity index (χ4n) is 4.87. The van der Waals surface area contributed by atoms with E-state index in [0.29, 0.717) is 24.7 Å². The average molecular weight is 309 g/mol. The second kappa shape index (κ2) is 4.45. The van der Waals surface area contributed by atoms with Gasteiger partial charge in [-0.05, 0) is 37.8 Å². The molecular weight excluding hydrogens is 288 g/mol. The van der Waals surface area contributed by atoms with Crippen molar-refractivity contribution in [2.75, 3.05) is 13.2 Å². The molecule has 1 aliphatic heterocycles. The summed E-state index contributed by atoms with van der Waals surface area (Å²) in [5.41, 5.74) is 1.15. The smallest absolute Gasteiger partial charge is 0.169 e. The SMILES string of the molecule is CC1(O)C[C@@]2(CCCC3(C2)OCCO3)c2cccc(Cl)c21. The summed E-state index contributed by atoms with van der Waals surface area (Å²) < 4.78 is 11.9. The summed E-state index contributed by atoms with van der Waals surface area (Å²) in [7, 11) is 0. The second-order valence-electron chi connectivity index (χ2n) is 7.03. The van der Waals surface area contributed by atoms with Gasteiger partial charge in [0.25, 0.3) is 0 Å². The minimum atomic E-state index is -0.870. The summed E-state index contributed by atoms with van der Waals surface area (Å²) in [6.07, 6.45) is 4.59. The number of rotatable bonds is 0.